The normalized spacial score (nSPS) is 10.3. The molecule has 0 aliphatic heterocycles. The van der Waals surface area contributed by atoms with E-state index in [1.807, 2.05) is 58.0 Å². The number of esters is 1. The molecular formula is C19H21NO3. The van der Waals surface area contributed by atoms with Crippen LogP contribution in [0.25, 0.3) is 0 Å². The second kappa shape index (κ2) is 7.09. The van der Waals surface area contributed by atoms with Gasteiger partial charge in [-0.05, 0) is 56.5 Å². The van der Waals surface area contributed by atoms with Crippen molar-refractivity contribution in [3.63, 3.8) is 0 Å². The number of nitrogens with one attached hydrogen (secondary N) is 1. The third-order valence-corrected chi connectivity index (χ3v) is 3.60. The van der Waals surface area contributed by atoms with Crippen molar-refractivity contribution in [1.29, 1.82) is 0 Å². The fourth-order valence-electron chi connectivity index (χ4n) is 2.31. The van der Waals surface area contributed by atoms with Crippen molar-refractivity contribution in [3.05, 3.63) is 64.2 Å². The number of hydrogen-bond acceptors (Lipinski definition) is 3. The lowest BCUT2D eigenvalue weighted by Crippen LogP contribution is -2.21. The molecule has 23 heavy (non-hydrogen) atoms. The van der Waals surface area contributed by atoms with E-state index in [0.29, 0.717) is 5.56 Å². The highest BCUT2D eigenvalue weighted by Crippen LogP contribution is 2.16. The molecule has 0 saturated carbocycles. The zero-order valence-corrected chi connectivity index (χ0v) is 13.9. The maximum absolute atomic E-state index is 12.1. The van der Waals surface area contributed by atoms with Crippen LogP contribution in [0, 0.1) is 27.7 Å². The van der Waals surface area contributed by atoms with Crippen LogP contribution < -0.4 is 5.32 Å². The number of carbonyl (C=O) groups is 2. The van der Waals surface area contributed by atoms with Gasteiger partial charge in [0.05, 0.1) is 5.56 Å². The van der Waals surface area contributed by atoms with Gasteiger partial charge in [0.15, 0.2) is 6.61 Å². The molecule has 1 amide bonds. The number of aryl methyl sites for hydroxylation is 4. The highest BCUT2D eigenvalue weighted by molar-refractivity contribution is 5.96. The van der Waals surface area contributed by atoms with E-state index < -0.39 is 5.97 Å². The molecule has 0 spiro atoms. The van der Waals surface area contributed by atoms with E-state index in [1.165, 1.54) is 0 Å². The molecule has 2 aromatic rings. The van der Waals surface area contributed by atoms with Gasteiger partial charge in [0.1, 0.15) is 0 Å². The molecule has 0 atom stereocenters. The molecule has 120 valence electrons. The van der Waals surface area contributed by atoms with Crippen LogP contribution in [0.3, 0.4) is 0 Å². The number of anilines is 1. The number of rotatable bonds is 4. The molecule has 0 saturated heterocycles. The van der Waals surface area contributed by atoms with E-state index in [9.17, 15) is 9.59 Å². The molecule has 0 heterocycles. The number of hydrogen-bond donors (Lipinski definition) is 1. The average molecular weight is 311 g/mol. The first kappa shape index (κ1) is 16.7. The summed E-state index contributed by atoms with van der Waals surface area (Å²) in [6.07, 6.45) is 0. The Hall–Kier alpha value is -2.62. The fourth-order valence-corrected chi connectivity index (χ4v) is 2.31. The maximum atomic E-state index is 12.1. The Balaban J connectivity index is 1.96. The minimum atomic E-state index is -0.487. The summed E-state index contributed by atoms with van der Waals surface area (Å²) in [5.41, 5.74) is 5.15. The summed E-state index contributed by atoms with van der Waals surface area (Å²) < 4.78 is 5.10. The van der Waals surface area contributed by atoms with Crippen LogP contribution in [0.4, 0.5) is 5.69 Å². The van der Waals surface area contributed by atoms with Gasteiger partial charge in [-0.2, -0.15) is 0 Å². The zero-order valence-electron chi connectivity index (χ0n) is 13.9. The largest absolute Gasteiger partial charge is 0.452 e. The number of amides is 1. The van der Waals surface area contributed by atoms with Crippen molar-refractivity contribution in [3.8, 4) is 0 Å². The lowest BCUT2D eigenvalue weighted by Gasteiger charge is -2.10. The van der Waals surface area contributed by atoms with Crippen LogP contribution in [0.1, 0.15) is 32.6 Å². The Morgan fingerprint density at radius 1 is 0.913 bits per heavy atom. The third-order valence-electron chi connectivity index (χ3n) is 3.60. The Morgan fingerprint density at radius 3 is 2.26 bits per heavy atom. The van der Waals surface area contributed by atoms with Crippen LogP contribution in [-0.4, -0.2) is 18.5 Å². The van der Waals surface area contributed by atoms with Gasteiger partial charge in [0.25, 0.3) is 5.91 Å². The maximum Gasteiger partial charge on any atom is 0.338 e. The van der Waals surface area contributed by atoms with Crippen molar-refractivity contribution >= 4 is 17.6 Å². The van der Waals surface area contributed by atoms with Crippen molar-refractivity contribution in [2.24, 2.45) is 0 Å². The fraction of sp³-hybridized carbons (Fsp3) is 0.263. The van der Waals surface area contributed by atoms with Crippen LogP contribution >= 0.6 is 0 Å². The molecule has 0 aliphatic rings. The van der Waals surface area contributed by atoms with Gasteiger partial charge >= 0.3 is 5.97 Å². The van der Waals surface area contributed by atoms with Crippen molar-refractivity contribution in [2.75, 3.05) is 11.9 Å². The molecule has 2 rings (SSSR count). The molecule has 0 radical (unpaired) electrons. The molecule has 4 nitrogen and oxygen atoms in total. The minimum absolute atomic E-state index is 0.306. The van der Waals surface area contributed by atoms with E-state index in [-0.39, 0.29) is 12.5 Å². The topological polar surface area (TPSA) is 55.4 Å². The molecule has 4 heteroatoms. The smallest absolute Gasteiger partial charge is 0.338 e. The van der Waals surface area contributed by atoms with E-state index in [4.69, 9.17) is 4.74 Å². The van der Waals surface area contributed by atoms with Crippen LogP contribution in [0.2, 0.25) is 0 Å². The summed E-state index contributed by atoms with van der Waals surface area (Å²) in [4.78, 5) is 24.0. The molecule has 0 aromatic heterocycles. The Bertz CT molecular complexity index is 750. The van der Waals surface area contributed by atoms with Gasteiger partial charge in [0, 0.05) is 5.69 Å². The quantitative estimate of drug-likeness (QED) is 0.876. The van der Waals surface area contributed by atoms with E-state index in [2.05, 4.69) is 5.32 Å². The summed E-state index contributed by atoms with van der Waals surface area (Å²) in [6.45, 7) is 7.37. The van der Waals surface area contributed by atoms with Crippen molar-refractivity contribution in [1.82, 2.24) is 0 Å². The van der Waals surface area contributed by atoms with Gasteiger partial charge in [-0.15, -0.1) is 0 Å². The Kier molecular flexibility index (Phi) is 5.16. The first-order valence-electron chi connectivity index (χ1n) is 7.48. The molecule has 0 fully saturated rings. The van der Waals surface area contributed by atoms with Crippen molar-refractivity contribution in [2.45, 2.75) is 27.7 Å². The van der Waals surface area contributed by atoms with Gasteiger partial charge in [-0.1, -0.05) is 29.8 Å². The summed E-state index contributed by atoms with van der Waals surface area (Å²) >= 11 is 0. The van der Waals surface area contributed by atoms with Gasteiger partial charge in [-0.3, -0.25) is 4.79 Å². The van der Waals surface area contributed by atoms with Crippen molar-refractivity contribution < 1.29 is 14.3 Å². The Morgan fingerprint density at radius 2 is 1.57 bits per heavy atom. The van der Waals surface area contributed by atoms with Gasteiger partial charge < -0.3 is 10.1 Å². The Labute approximate surface area is 136 Å². The molecular weight excluding hydrogens is 290 g/mol. The number of benzene rings is 2. The predicted molar refractivity (Wildman–Crippen MR) is 90.7 cm³/mol. The average Bonchev–Trinajstić information content (AvgIpc) is 2.48. The standard InChI is InChI=1S/C19H21NO3/c1-12-6-8-16(15(4)9-12)19(22)23-11-18(21)20-17-10-13(2)5-7-14(17)3/h5-10H,11H2,1-4H3,(H,20,21). The first-order chi connectivity index (χ1) is 10.9. The van der Waals surface area contributed by atoms with E-state index in [0.717, 1.165) is 27.9 Å². The van der Waals surface area contributed by atoms with Gasteiger partial charge in [-0.25, -0.2) is 4.79 Å². The SMILES string of the molecule is Cc1ccc(C(=O)OCC(=O)Nc2cc(C)ccc2C)c(C)c1. The molecule has 0 aliphatic carbocycles. The predicted octanol–water partition coefficient (Wildman–Crippen LogP) is 3.72. The first-order valence-corrected chi connectivity index (χ1v) is 7.48. The van der Waals surface area contributed by atoms with Gasteiger partial charge in [0.2, 0.25) is 0 Å². The molecule has 0 unspecified atom stereocenters. The lowest BCUT2D eigenvalue weighted by molar-refractivity contribution is -0.119. The second-order valence-corrected chi connectivity index (χ2v) is 5.76. The highest BCUT2D eigenvalue weighted by Gasteiger charge is 2.13. The molecule has 1 N–H and O–H groups in total. The summed E-state index contributed by atoms with van der Waals surface area (Å²) in [6, 6.07) is 11.3. The van der Waals surface area contributed by atoms with Crippen LogP contribution in [0.15, 0.2) is 36.4 Å². The molecule has 2 aromatic carbocycles. The highest BCUT2D eigenvalue weighted by atomic mass is 16.5. The monoisotopic (exact) mass is 311 g/mol. The zero-order chi connectivity index (χ0) is 17.0. The number of ether oxygens (including phenoxy) is 1. The summed E-state index contributed by atoms with van der Waals surface area (Å²) in [5.74, 6) is -0.838. The lowest BCUT2D eigenvalue weighted by atomic mass is 10.1. The van der Waals surface area contributed by atoms with Crippen LogP contribution in [-0.2, 0) is 9.53 Å². The van der Waals surface area contributed by atoms with Crippen LogP contribution in [0.5, 0.6) is 0 Å². The van der Waals surface area contributed by atoms with E-state index >= 15 is 0 Å². The minimum Gasteiger partial charge on any atom is -0.452 e. The number of carbonyl (C=O) groups excluding carboxylic acids is 2. The summed E-state index contributed by atoms with van der Waals surface area (Å²) in [7, 11) is 0. The molecule has 0 bridgehead atoms. The van der Waals surface area contributed by atoms with E-state index in [1.54, 1.807) is 6.07 Å². The second-order valence-electron chi connectivity index (χ2n) is 5.76. The summed E-state index contributed by atoms with van der Waals surface area (Å²) in [5, 5.41) is 2.77. The third kappa shape index (κ3) is 4.42.